The average molecular weight is 257 g/mol. The lowest BCUT2D eigenvalue weighted by Crippen LogP contribution is -2.18. The molecule has 0 saturated heterocycles. The maximum Gasteiger partial charge on any atom is 0.0659 e. The first kappa shape index (κ1) is 13.8. The van der Waals surface area contributed by atoms with Gasteiger partial charge in [-0.2, -0.15) is 5.10 Å². The molecule has 1 aromatic carbocycles. The SMILES string of the molecule is Cc1cccc(Cn2cc(CNCC(C)C)cn2)c1. The van der Waals surface area contributed by atoms with Crippen LogP contribution in [0.3, 0.4) is 0 Å². The molecule has 0 atom stereocenters. The van der Waals surface area contributed by atoms with Crippen LogP contribution in [0.1, 0.15) is 30.5 Å². The minimum atomic E-state index is 0.683. The minimum absolute atomic E-state index is 0.683. The van der Waals surface area contributed by atoms with Crippen molar-refractivity contribution in [2.24, 2.45) is 5.92 Å². The molecule has 1 heterocycles. The maximum absolute atomic E-state index is 4.42. The molecule has 0 aliphatic heterocycles. The Morgan fingerprint density at radius 2 is 2.11 bits per heavy atom. The van der Waals surface area contributed by atoms with E-state index < -0.39 is 0 Å². The summed E-state index contributed by atoms with van der Waals surface area (Å²) in [4.78, 5) is 0. The van der Waals surface area contributed by atoms with E-state index in [-0.39, 0.29) is 0 Å². The fourth-order valence-corrected chi connectivity index (χ4v) is 2.09. The highest BCUT2D eigenvalue weighted by Crippen LogP contribution is 2.07. The number of aryl methyl sites for hydroxylation is 1. The molecule has 0 amide bonds. The van der Waals surface area contributed by atoms with Crippen molar-refractivity contribution in [2.45, 2.75) is 33.9 Å². The number of nitrogens with zero attached hydrogens (tertiary/aromatic N) is 2. The molecule has 0 unspecified atom stereocenters. The van der Waals surface area contributed by atoms with Crippen molar-refractivity contribution in [3.8, 4) is 0 Å². The molecule has 3 nitrogen and oxygen atoms in total. The van der Waals surface area contributed by atoms with E-state index in [0.29, 0.717) is 5.92 Å². The lowest BCUT2D eigenvalue weighted by molar-refractivity contribution is 0.552. The standard InChI is InChI=1S/C16H23N3/c1-13(2)8-17-9-16-10-18-19(12-16)11-15-6-4-5-14(3)7-15/h4-7,10,12-13,17H,8-9,11H2,1-3H3. The summed E-state index contributed by atoms with van der Waals surface area (Å²) < 4.78 is 2.00. The Bertz CT molecular complexity index is 514. The number of hydrogen-bond donors (Lipinski definition) is 1. The summed E-state index contributed by atoms with van der Waals surface area (Å²) in [6, 6.07) is 8.57. The van der Waals surface area contributed by atoms with Crippen LogP contribution in [-0.4, -0.2) is 16.3 Å². The number of nitrogens with one attached hydrogen (secondary N) is 1. The van der Waals surface area contributed by atoms with Gasteiger partial charge in [-0.25, -0.2) is 0 Å². The van der Waals surface area contributed by atoms with E-state index in [1.165, 1.54) is 16.7 Å². The second-order valence-electron chi connectivity index (χ2n) is 5.56. The zero-order chi connectivity index (χ0) is 13.7. The highest BCUT2D eigenvalue weighted by Gasteiger charge is 2.01. The first-order valence-electron chi connectivity index (χ1n) is 6.91. The summed E-state index contributed by atoms with van der Waals surface area (Å²) in [6.45, 7) is 9.33. The first-order chi connectivity index (χ1) is 9.13. The second-order valence-corrected chi connectivity index (χ2v) is 5.56. The van der Waals surface area contributed by atoms with Crippen LogP contribution >= 0.6 is 0 Å². The molecular formula is C16H23N3. The van der Waals surface area contributed by atoms with Crippen molar-refractivity contribution in [1.29, 1.82) is 0 Å². The summed E-state index contributed by atoms with van der Waals surface area (Å²) in [5.74, 6) is 0.683. The molecule has 3 heteroatoms. The van der Waals surface area contributed by atoms with Gasteiger partial charge in [0.2, 0.25) is 0 Å². The average Bonchev–Trinajstić information content (AvgIpc) is 2.76. The Morgan fingerprint density at radius 1 is 1.26 bits per heavy atom. The van der Waals surface area contributed by atoms with Crippen LogP contribution in [0.4, 0.5) is 0 Å². The third-order valence-corrected chi connectivity index (χ3v) is 3.00. The topological polar surface area (TPSA) is 29.9 Å². The van der Waals surface area contributed by atoms with Crippen LogP contribution in [0.2, 0.25) is 0 Å². The zero-order valence-electron chi connectivity index (χ0n) is 12.1. The molecule has 0 radical (unpaired) electrons. The molecule has 2 rings (SSSR count). The quantitative estimate of drug-likeness (QED) is 0.862. The number of aromatic nitrogens is 2. The Kier molecular flexibility index (Phi) is 4.74. The van der Waals surface area contributed by atoms with E-state index in [0.717, 1.165) is 19.6 Å². The fraction of sp³-hybridized carbons (Fsp3) is 0.438. The molecule has 0 aliphatic rings. The zero-order valence-corrected chi connectivity index (χ0v) is 12.1. The van der Waals surface area contributed by atoms with Crippen molar-refractivity contribution in [1.82, 2.24) is 15.1 Å². The molecule has 1 aromatic heterocycles. The molecular weight excluding hydrogens is 234 g/mol. The van der Waals surface area contributed by atoms with E-state index in [9.17, 15) is 0 Å². The summed E-state index contributed by atoms with van der Waals surface area (Å²) in [6.07, 6.45) is 4.07. The third-order valence-electron chi connectivity index (χ3n) is 3.00. The van der Waals surface area contributed by atoms with Crippen molar-refractivity contribution in [3.05, 3.63) is 53.3 Å². The fourth-order valence-electron chi connectivity index (χ4n) is 2.09. The summed E-state index contributed by atoms with van der Waals surface area (Å²) in [5.41, 5.74) is 3.83. The van der Waals surface area contributed by atoms with Gasteiger partial charge >= 0.3 is 0 Å². The first-order valence-corrected chi connectivity index (χ1v) is 6.91. The Hall–Kier alpha value is -1.61. The van der Waals surface area contributed by atoms with Gasteiger partial charge in [-0.05, 0) is 24.9 Å². The van der Waals surface area contributed by atoms with Gasteiger partial charge in [-0.1, -0.05) is 43.7 Å². The van der Waals surface area contributed by atoms with Crippen LogP contribution in [0.5, 0.6) is 0 Å². The van der Waals surface area contributed by atoms with E-state index in [1.807, 2.05) is 10.9 Å². The second kappa shape index (κ2) is 6.53. The van der Waals surface area contributed by atoms with E-state index in [2.05, 4.69) is 61.6 Å². The van der Waals surface area contributed by atoms with Crippen molar-refractivity contribution >= 4 is 0 Å². The van der Waals surface area contributed by atoms with Crippen LogP contribution < -0.4 is 5.32 Å². The summed E-state index contributed by atoms with van der Waals surface area (Å²) in [7, 11) is 0. The van der Waals surface area contributed by atoms with Crippen LogP contribution in [0, 0.1) is 12.8 Å². The molecule has 19 heavy (non-hydrogen) atoms. The van der Waals surface area contributed by atoms with Gasteiger partial charge in [0.1, 0.15) is 0 Å². The monoisotopic (exact) mass is 257 g/mol. The highest BCUT2D eigenvalue weighted by atomic mass is 15.3. The molecule has 0 saturated carbocycles. The van der Waals surface area contributed by atoms with Crippen molar-refractivity contribution in [2.75, 3.05) is 6.54 Å². The van der Waals surface area contributed by atoms with Gasteiger partial charge in [0, 0.05) is 18.3 Å². The maximum atomic E-state index is 4.42. The lowest BCUT2D eigenvalue weighted by atomic mass is 10.1. The molecule has 1 N–H and O–H groups in total. The van der Waals surface area contributed by atoms with Crippen molar-refractivity contribution < 1.29 is 0 Å². The van der Waals surface area contributed by atoms with Gasteiger partial charge in [-0.3, -0.25) is 4.68 Å². The Labute approximate surface area is 115 Å². The van der Waals surface area contributed by atoms with E-state index in [4.69, 9.17) is 0 Å². The predicted octanol–water partition coefficient (Wildman–Crippen LogP) is 2.99. The van der Waals surface area contributed by atoms with Gasteiger partial charge in [0.05, 0.1) is 12.7 Å². The van der Waals surface area contributed by atoms with E-state index in [1.54, 1.807) is 0 Å². The Morgan fingerprint density at radius 3 is 2.84 bits per heavy atom. The molecule has 0 spiro atoms. The number of rotatable bonds is 6. The van der Waals surface area contributed by atoms with Crippen LogP contribution in [-0.2, 0) is 13.1 Å². The predicted molar refractivity (Wildman–Crippen MR) is 79.1 cm³/mol. The number of benzene rings is 1. The Balaban J connectivity index is 1.90. The summed E-state index contributed by atoms with van der Waals surface area (Å²) in [5, 5.41) is 7.85. The van der Waals surface area contributed by atoms with Crippen LogP contribution in [0.15, 0.2) is 36.7 Å². The lowest BCUT2D eigenvalue weighted by Gasteiger charge is -2.05. The largest absolute Gasteiger partial charge is 0.312 e. The van der Waals surface area contributed by atoms with Crippen molar-refractivity contribution in [3.63, 3.8) is 0 Å². The minimum Gasteiger partial charge on any atom is -0.312 e. The molecule has 102 valence electrons. The van der Waals surface area contributed by atoms with Crippen LogP contribution in [0.25, 0.3) is 0 Å². The highest BCUT2D eigenvalue weighted by molar-refractivity contribution is 5.22. The van der Waals surface area contributed by atoms with Gasteiger partial charge < -0.3 is 5.32 Å². The van der Waals surface area contributed by atoms with Gasteiger partial charge in [0.25, 0.3) is 0 Å². The summed E-state index contributed by atoms with van der Waals surface area (Å²) >= 11 is 0. The van der Waals surface area contributed by atoms with E-state index >= 15 is 0 Å². The number of hydrogen-bond acceptors (Lipinski definition) is 2. The third kappa shape index (κ3) is 4.52. The van der Waals surface area contributed by atoms with Gasteiger partial charge in [0.15, 0.2) is 0 Å². The smallest absolute Gasteiger partial charge is 0.0659 e. The normalized spacial score (nSPS) is 11.2. The molecule has 2 aromatic rings. The molecule has 0 fully saturated rings. The molecule has 0 bridgehead atoms. The molecule has 0 aliphatic carbocycles. The van der Waals surface area contributed by atoms with Gasteiger partial charge in [-0.15, -0.1) is 0 Å².